The number of morpholine rings is 1. The van der Waals surface area contributed by atoms with E-state index >= 15 is 0 Å². The Labute approximate surface area is 114 Å². The van der Waals surface area contributed by atoms with Crippen LogP contribution < -0.4 is 16.0 Å². The zero-order valence-corrected chi connectivity index (χ0v) is 11.6. The minimum absolute atomic E-state index is 0.0831. The lowest BCUT2D eigenvalue weighted by molar-refractivity contribution is -0.124. The Kier molecular flexibility index (Phi) is 4.03. The molecular weight excluding hydrogens is 300 g/mol. The quantitative estimate of drug-likeness (QED) is 0.825. The molecule has 18 heavy (non-hydrogen) atoms. The van der Waals surface area contributed by atoms with Crippen LogP contribution in [0.5, 0.6) is 0 Å². The number of anilines is 2. The number of nitrogens with zero attached hydrogens (tertiary/aromatic N) is 2. The minimum atomic E-state index is -0.365. The molecule has 0 spiro atoms. The summed E-state index contributed by atoms with van der Waals surface area (Å²) in [5.41, 5.74) is 6.24. The first-order chi connectivity index (χ1) is 8.63. The van der Waals surface area contributed by atoms with Gasteiger partial charge in [0.05, 0.1) is 29.6 Å². The van der Waals surface area contributed by atoms with Gasteiger partial charge in [0.1, 0.15) is 11.9 Å². The topological polar surface area (TPSA) is 80.5 Å². The van der Waals surface area contributed by atoms with Gasteiger partial charge >= 0.3 is 0 Å². The molecule has 0 saturated carbocycles. The number of halogens is 1. The molecule has 0 bridgehead atoms. The fraction of sp³-hybridized carbons (Fsp3) is 0.455. The molecule has 7 heteroatoms. The smallest absolute Gasteiger partial charge is 0.244 e. The number of ether oxygens (including phenoxy) is 1. The lowest BCUT2D eigenvalue weighted by Gasteiger charge is -2.35. The summed E-state index contributed by atoms with van der Waals surface area (Å²) in [6.45, 7) is 1.55. The number of nitrogens with two attached hydrogens (primary N) is 1. The number of rotatable bonds is 2. The van der Waals surface area contributed by atoms with Gasteiger partial charge in [-0.1, -0.05) is 0 Å². The molecule has 0 aliphatic carbocycles. The van der Waals surface area contributed by atoms with Gasteiger partial charge in [-0.2, -0.15) is 0 Å². The van der Waals surface area contributed by atoms with E-state index in [-0.39, 0.29) is 11.9 Å². The van der Waals surface area contributed by atoms with Gasteiger partial charge in [0.2, 0.25) is 5.91 Å². The second-order valence-corrected chi connectivity index (χ2v) is 4.83. The van der Waals surface area contributed by atoms with Crippen molar-refractivity contribution in [3.05, 3.63) is 16.7 Å². The lowest BCUT2D eigenvalue weighted by atomic mass is 10.2. The number of nitrogens with one attached hydrogen (secondary N) is 1. The Bertz CT molecular complexity index is 455. The molecule has 1 saturated heterocycles. The van der Waals surface area contributed by atoms with E-state index in [1.807, 2.05) is 4.90 Å². The van der Waals surface area contributed by atoms with Crippen LogP contribution in [-0.4, -0.2) is 43.7 Å². The van der Waals surface area contributed by atoms with E-state index in [4.69, 9.17) is 10.5 Å². The van der Waals surface area contributed by atoms with Gasteiger partial charge in [0.25, 0.3) is 0 Å². The second kappa shape index (κ2) is 5.53. The average molecular weight is 315 g/mol. The summed E-state index contributed by atoms with van der Waals surface area (Å²) in [4.78, 5) is 18.0. The van der Waals surface area contributed by atoms with Gasteiger partial charge in [-0.15, -0.1) is 0 Å². The molecule has 1 amide bonds. The highest BCUT2D eigenvalue weighted by Crippen LogP contribution is 2.28. The standard InChI is InChI=1S/C11H15BrN4O2/c1-14-11(17)9-6-18-3-2-16(9)10-8(12)4-7(13)5-15-10/h4-5,9H,2-3,6,13H2,1H3,(H,14,17). The fourth-order valence-electron chi connectivity index (χ4n) is 1.90. The van der Waals surface area contributed by atoms with Gasteiger partial charge in [-0.3, -0.25) is 4.79 Å². The number of pyridine rings is 1. The van der Waals surface area contributed by atoms with Crippen molar-refractivity contribution in [2.75, 3.05) is 37.4 Å². The Balaban J connectivity index is 2.30. The van der Waals surface area contributed by atoms with Crippen LogP contribution in [0.4, 0.5) is 11.5 Å². The molecule has 1 unspecified atom stereocenters. The van der Waals surface area contributed by atoms with Gasteiger partial charge in [-0.05, 0) is 22.0 Å². The zero-order chi connectivity index (χ0) is 13.1. The highest BCUT2D eigenvalue weighted by Gasteiger charge is 2.30. The third-order valence-electron chi connectivity index (χ3n) is 2.79. The zero-order valence-electron chi connectivity index (χ0n) is 10.0. The van der Waals surface area contributed by atoms with Crippen LogP contribution in [0.3, 0.4) is 0 Å². The van der Waals surface area contributed by atoms with Crippen LogP contribution >= 0.6 is 15.9 Å². The van der Waals surface area contributed by atoms with Crippen molar-refractivity contribution < 1.29 is 9.53 Å². The van der Waals surface area contributed by atoms with E-state index in [1.54, 1.807) is 19.3 Å². The number of carbonyl (C=O) groups excluding carboxylic acids is 1. The number of likely N-dealkylation sites (N-methyl/N-ethyl adjacent to an activating group) is 1. The molecule has 1 aliphatic rings. The van der Waals surface area contributed by atoms with Crippen molar-refractivity contribution in [1.82, 2.24) is 10.3 Å². The number of aromatic nitrogens is 1. The number of amides is 1. The second-order valence-electron chi connectivity index (χ2n) is 3.97. The van der Waals surface area contributed by atoms with E-state index in [1.165, 1.54) is 0 Å². The monoisotopic (exact) mass is 314 g/mol. The van der Waals surface area contributed by atoms with Crippen molar-refractivity contribution in [2.24, 2.45) is 0 Å². The Morgan fingerprint density at radius 1 is 1.72 bits per heavy atom. The van der Waals surface area contributed by atoms with Crippen molar-refractivity contribution in [3.8, 4) is 0 Å². The predicted molar refractivity (Wildman–Crippen MR) is 72.4 cm³/mol. The maximum atomic E-state index is 11.8. The normalized spacial score (nSPS) is 19.7. The summed E-state index contributed by atoms with van der Waals surface area (Å²) < 4.78 is 6.13. The number of carbonyl (C=O) groups is 1. The molecule has 0 aromatic carbocycles. The molecule has 98 valence electrons. The summed E-state index contributed by atoms with van der Waals surface area (Å²) in [6.07, 6.45) is 1.58. The number of nitrogen functional groups attached to an aromatic ring is 1. The van der Waals surface area contributed by atoms with Gasteiger partial charge in [-0.25, -0.2) is 4.98 Å². The van der Waals surface area contributed by atoms with E-state index in [0.717, 1.165) is 4.47 Å². The van der Waals surface area contributed by atoms with Crippen LogP contribution in [0.25, 0.3) is 0 Å². The van der Waals surface area contributed by atoms with E-state index in [0.29, 0.717) is 31.3 Å². The molecule has 1 aromatic heterocycles. The van der Waals surface area contributed by atoms with Crippen LogP contribution in [0.1, 0.15) is 0 Å². The highest BCUT2D eigenvalue weighted by molar-refractivity contribution is 9.10. The van der Waals surface area contributed by atoms with Crippen LogP contribution in [0.15, 0.2) is 16.7 Å². The first kappa shape index (κ1) is 13.1. The van der Waals surface area contributed by atoms with Gasteiger partial charge < -0.3 is 20.7 Å². The summed E-state index contributed by atoms with van der Waals surface area (Å²) in [6, 6.07) is 1.41. The van der Waals surface area contributed by atoms with Crippen molar-refractivity contribution >= 4 is 33.3 Å². The van der Waals surface area contributed by atoms with Gasteiger partial charge in [0.15, 0.2) is 0 Å². The molecule has 1 fully saturated rings. The maximum absolute atomic E-state index is 11.8. The predicted octanol–water partition coefficient (Wildman–Crippen LogP) is 0.378. The van der Waals surface area contributed by atoms with Crippen LogP contribution in [-0.2, 0) is 9.53 Å². The summed E-state index contributed by atoms with van der Waals surface area (Å²) in [5, 5.41) is 2.64. The first-order valence-corrected chi connectivity index (χ1v) is 6.39. The molecule has 2 rings (SSSR count). The van der Waals surface area contributed by atoms with Crippen molar-refractivity contribution in [3.63, 3.8) is 0 Å². The molecule has 0 radical (unpaired) electrons. The van der Waals surface area contributed by atoms with Crippen molar-refractivity contribution in [1.29, 1.82) is 0 Å². The molecule has 6 nitrogen and oxygen atoms in total. The lowest BCUT2D eigenvalue weighted by Crippen LogP contribution is -2.53. The fourth-order valence-corrected chi connectivity index (χ4v) is 2.49. The third kappa shape index (κ3) is 2.56. The summed E-state index contributed by atoms with van der Waals surface area (Å²) in [5.74, 6) is 0.626. The summed E-state index contributed by atoms with van der Waals surface area (Å²) in [7, 11) is 1.61. The maximum Gasteiger partial charge on any atom is 0.244 e. The highest BCUT2D eigenvalue weighted by atomic mass is 79.9. The Hall–Kier alpha value is -1.34. The summed E-state index contributed by atoms with van der Waals surface area (Å²) >= 11 is 3.42. The molecule has 1 aromatic rings. The number of hydrogen-bond acceptors (Lipinski definition) is 5. The van der Waals surface area contributed by atoms with Gasteiger partial charge in [0, 0.05) is 13.6 Å². The largest absolute Gasteiger partial charge is 0.397 e. The van der Waals surface area contributed by atoms with Crippen LogP contribution in [0, 0.1) is 0 Å². The Morgan fingerprint density at radius 3 is 3.17 bits per heavy atom. The number of hydrogen-bond donors (Lipinski definition) is 2. The molecule has 3 N–H and O–H groups in total. The minimum Gasteiger partial charge on any atom is -0.397 e. The third-order valence-corrected chi connectivity index (χ3v) is 3.38. The molecule has 2 heterocycles. The molecule has 1 aliphatic heterocycles. The van der Waals surface area contributed by atoms with E-state index in [9.17, 15) is 4.79 Å². The Morgan fingerprint density at radius 2 is 2.50 bits per heavy atom. The SMILES string of the molecule is CNC(=O)C1COCCN1c1ncc(N)cc1Br. The molecule has 1 atom stereocenters. The van der Waals surface area contributed by atoms with Crippen LogP contribution in [0.2, 0.25) is 0 Å². The molecular formula is C11H15BrN4O2. The van der Waals surface area contributed by atoms with Crippen molar-refractivity contribution in [2.45, 2.75) is 6.04 Å². The van der Waals surface area contributed by atoms with E-state index in [2.05, 4.69) is 26.2 Å². The average Bonchev–Trinajstić information content (AvgIpc) is 2.38. The van der Waals surface area contributed by atoms with E-state index < -0.39 is 0 Å². The first-order valence-electron chi connectivity index (χ1n) is 5.60.